The van der Waals surface area contributed by atoms with Gasteiger partial charge in [0.2, 0.25) is 0 Å². The second-order valence-corrected chi connectivity index (χ2v) is 7.00. The van der Waals surface area contributed by atoms with Crippen LogP contribution in [-0.2, 0) is 4.79 Å². The molecule has 0 aliphatic rings. The quantitative estimate of drug-likeness (QED) is 0.685. The molecule has 114 valence electrons. The lowest BCUT2D eigenvalue weighted by Gasteiger charge is -2.28. The van der Waals surface area contributed by atoms with Crippen molar-refractivity contribution in [3.63, 3.8) is 0 Å². The summed E-state index contributed by atoms with van der Waals surface area (Å²) in [5.74, 6) is -0.798. The van der Waals surface area contributed by atoms with Crippen LogP contribution in [0.15, 0.2) is 35.4 Å². The lowest BCUT2D eigenvalue weighted by Crippen LogP contribution is -2.50. The van der Waals surface area contributed by atoms with Gasteiger partial charge in [-0.1, -0.05) is 32.0 Å². The molecule has 0 spiro atoms. The minimum atomic E-state index is -0.882. The van der Waals surface area contributed by atoms with Gasteiger partial charge in [-0.3, -0.25) is 4.79 Å². The lowest BCUT2D eigenvalue weighted by atomic mass is 9.96. The first-order valence-corrected chi connectivity index (χ1v) is 8.05. The molecule has 0 bridgehead atoms. The van der Waals surface area contributed by atoms with E-state index in [1.807, 2.05) is 25.1 Å². The Morgan fingerprint density at radius 1 is 1.48 bits per heavy atom. The van der Waals surface area contributed by atoms with Crippen LogP contribution in [0.4, 0.5) is 0 Å². The molecule has 1 aromatic carbocycles. The fourth-order valence-corrected chi connectivity index (χ4v) is 3.78. The van der Waals surface area contributed by atoms with Gasteiger partial charge in [0.1, 0.15) is 5.54 Å². The average molecular weight is 306 g/mol. The van der Waals surface area contributed by atoms with Gasteiger partial charge >= 0.3 is 5.97 Å². The number of fused-ring (bicyclic) bond motifs is 1. The third-order valence-corrected chi connectivity index (χ3v) is 4.61. The maximum atomic E-state index is 11.5. The summed E-state index contributed by atoms with van der Waals surface area (Å²) in [7, 11) is 0. The number of thioether (sulfide) groups is 1. The molecule has 0 fully saturated rings. The van der Waals surface area contributed by atoms with E-state index >= 15 is 0 Å². The molecule has 2 aromatic rings. The Kier molecular flexibility index (Phi) is 4.96. The number of aromatic nitrogens is 1. The molecule has 2 atom stereocenters. The van der Waals surface area contributed by atoms with Crippen LogP contribution in [0.2, 0.25) is 0 Å². The first kappa shape index (κ1) is 15.9. The molecule has 21 heavy (non-hydrogen) atoms. The number of aromatic amines is 1. The molecule has 2 rings (SSSR count). The van der Waals surface area contributed by atoms with Crippen molar-refractivity contribution in [1.82, 2.24) is 10.3 Å². The van der Waals surface area contributed by atoms with Crippen LogP contribution in [0.5, 0.6) is 0 Å². The van der Waals surface area contributed by atoms with E-state index in [1.165, 1.54) is 5.39 Å². The van der Waals surface area contributed by atoms with Crippen molar-refractivity contribution in [2.45, 2.75) is 43.0 Å². The average Bonchev–Trinajstić information content (AvgIpc) is 2.80. The van der Waals surface area contributed by atoms with E-state index in [4.69, 9.17) is 0 Å². The number of H-pyrrole nitrogens is 1. The number of carboxylic acids is 1. The molecule has 1 heterocycles. The molecule has 3 N–H and O–H groups in total. The predicted molar refractivity (Wildman–Crippen MR) is 88.0 cm³/mol. The monoisotopic (exact) mass is 306 g/mol. The number of aliphatic carboxylic acids is 1. The van der Waals surface area contributed by atoms with E-state index in [-0.39, 0.29) is 5.25 Å². The van der Waals surface area contributed by atoms with Crippen molar-refractivity contribution in [2.24, 2.45) is 0 Å². The Morgan fingerprint density at radius 3 is 2.81 bits per heavy atom. The second-order valence-electron chi connectivity index (χ2n) is 5.52. The third-order valence-electron chi connectivity index (χ3n) is 3.57. The highest BCUT2D eigenvalue weighted by Crippen LogP contribution is 2.30. The van der Waals surface area contributed by atoms with Crippen LogP contribution in [0, 0.1) is 0 Å². The van der Waals surface area contributed by atoms with Crippen LogP contribution in [0.1, 0.15) is 27.2 Å². The van der Waals surface area contributed by atoms with Gasteiger partial charge in [-0.05, 0) is 32.0 Å². The van der Waals surface area contributed by atoms with Crippen LogP contribution in [0.25, 0.3) is 10.9 Å². The van der Waals surface area contributed by atoms with Crippen LogP contribution >= 0.6 is 11.8 Å². The topological polar surface area (TPSA) is 65.1 Å². The van der Waals surface area contributed by atoms with E-state index in [9.17, 15) is 9.90 Å². The molecule has 5 heteroatoms. The number of hydrogen-bond acceptors (Lipinski definition) is 3. The number of para-hydroxylation sites is 1. The highest BCUT2D eigenvalue weighted by atomic mass is 32.2. The maximum Gasteiger partial charge on any atom is 0.323 e. The summed E-state index contributed by atoms with van der Waals surface area (Å²) in [6.07, 6.45) is 0.566. The van der Waals surface area contributed by atoms with Crippen molar-refractivity contribution in [1.29, 1.82) is 0 Å². The predicted octanol–water partition coefficient (Wildman–Crippen LogP) is 3.49. The van der Waals surface area contributed by atoms with Gasteiger partial charge in [-0.25, -0.2) is 0 Å². The van der Waals surface area contributed by atoms with Gasteiger partial charge in [-0.15, -0.1) is 11.8 Å². The molecule has 4 nitrogen and oxygen atoms in total. The zero-order valence-corrected chi connectivity index (χ0v) is 13.5. The van der Waals surface area contributed by atoms with Gasteiger partial charge in [-0.2, -0.15) is 0 Å². The molecular weight excluding hydrogens is 284 g/mol. The van der Waals surface area contributed by atoms with Crippen molar-refractivity contribution >= 4 is 28.6 Å². The van der Waals surface area contributed by atoms with E-state index in [0.717, 1.165) is 10.5 Å². The van der Waals surface area contributed by atoms with Crippen LogP contribution in [0.3, 0.4) is 0 Å². The van der Waals surface area contributed by atoms with Gasteiger partial charge in [0.25, 0.3) is 0 Å². The first-order valence-electron chi connectivity index (χ1n) is 7.17. The van der Waals surface area contributed by atoms with Crippen molar-refractivity contribution < 1.29 is 9.90 Å². The number of carbonyl (C=O) groups is 1. The first-order chi connectivity index (χ1) is 9.94. The van der Waals surface area contributed by atoms with Crippen LogP contribution in [-0.4, -0.2) is 33.4 Å². The normalized spacial score (nSPS) is 15.8. The Bertz CT molecular complexity index is 593. The highest BCUT2D eigenvalue weighted by molar-refractivity contribution is 7.99. The van der Waals surface area contributed by atoms with Crippen molar-refractivity contribution in [3.8, 4) is 0 Å². The van der Waals surface area contributed by atoms with Crippen LogP contribution < -0.4 is 5.32 Å². The molecule has 0 saturated heterocycles. The van der Waals surface area contributed by atoms with E-state index in [0.29, 0.717) is 13.0 Å². The number of likely N-dealkylation sites (N-methyl/N-ethyl adjacent to an activating group) is 1. The highest BCUT2D eigenvalue weighted by Gasteiger charge is 2.33. The zero-order valence-electron chi connectivity index (χ0n) is 12.6. The van der Waals surface area contributed by atoms with Gasteiger partial charge in [0, 0.05) is 16.2 Å². The lowest BCUT2D eigenvalue weighted by molar-refractivity contribution is -0.144. The minimum absolute atomic E-state index is 0.193. The summed E-state index contributed by atoms with van der Waals surface area (Å²) in [4.78, 5) is 14.8. The molecule has 1 aromatic heterocycles. The fraction of sp³-hybridized carbons (Fsp3) is 0.438. The Balaban J connectivity index is 2.06. The summed E-state index contributed by atoms with van der Waals surface area (Å²) >= 11 is 1.68. The van der Waals surface area contributed by atoms with Gasteiger partial charge < -0.3 is 15.4 Å². The zero-order chi connectivity index (χ0) is 15.5. The third kappa shape index (κ3) is 3.80. The van der Waals surface area contributed by atoms with Crippen molar-refractivity contribution in [2.75, 3.05) is 6.54 Å². The summed E-state index contributed by atoms with van der Waals surface area (Å²) in [5.41, 5.74) is 0.229. The molecule has 0 radical (unpaired) electrons. The molecule has 2 unspecified atom stereocenters. The molecule has 0 aliphatic heterocycles. The number of nitrogens with one attached hydrogen (secondary N) is 2. The van der Waals surface area contributed by atoms with E-state index in [2.05, 4.69) is 29.4 Å². The summed E-state index contributed by atoms with van der Waals surface area (Å²) in [5, 5.41) is 14.9. The summed E-state index contributed by atoms with van der Waals surface area (Å²) < 4.78 is 0. The SMILES string of the molecule is CCNC(C)(CC(C)Sc1cc2ccccc2[nH]1)C(=O)O. The van der Waals surface area contributed by atoms with Crippen molar-refractivity contribution in [3.05, 3.63) is 30.3 Å². The number of benzene rings is 1. The largest absolute Gasteiger partial charge is 0.480 e. The number of rotatable bonds is 7. The smallest absolute Gasteiger partial charge is 0.323 e. The maximum absolute atomic E-state index is 11.5. The minimum Gasteiger partial charge on any atom is -0.480 e. The van der Waals surface area contributed by atoms with E-state index in [1.54, 1.807) is 18.7 Å². The molecule has 0 saturated carbocycles. The Morgan fingerprint density at radius 2 is 2.19 bits per heavy atom. The molecular formula is C16H22N2O2S. The molecule has 0 amide bonds. The van der Waals surface area contributed by atoms with Gasteiger partial charge in [0.15, 0.2) is 0 Å². The second kappa shape index (κ2) is 6.54. The fourth-order valence-electron chi connectivity index (χ4n) is 2.57. The summed E-state index contributed by atoms with van der Waals surface area (Å²) in [6.45, 7) is 6.39. The number of hydrogen-bond donors (Lipinski definition) is 3. The molecule has 0 aliphatic carbocycles. The standard InChI is InChI=1S/C16H22N2O2S/c1-4-17-16(3,15(19)20)10-11(2)21-14-9-12-7-5-6-8-13(12)18-14/h5-9,11,17-18H,4,10H2,1-3H3,(H,19,20). The van der Waals surface area contributed by atoms with E-state index < -0.39 is 11.5 Å². The summed E-state index contributed by atoms with van der Waals surface area (Å²) in [6, 6.07) is 10.2. The van der Waals surface area contributed by atoms with Gasteiger partial charge in [0.05, 0.1) is 5.03 Å². The Hall–Kier alpha value is -1.46. The number of carboxylic acid groups (broad SMARTS) is 1. The Labute approximate surface area is 129 Å².